The van der Waals surface area contributed by atoms with Crippen LogP contribution in [-0.2, 0) is 0 Å². The Balaban J connectivity index is 1.57. The Morgan fingerprint density at radius 1 is 1.16 bits per heavy atom. The highest BCUT2D eigenvalue weighted by Crippen LogP contribution is 2.33. The van der Waals surface area contributed by atoms with E-state index in [9.17, 15) is 4.79 Å². The molecule has 38 heavy (non-hydrogen) atoms. The lowest BCUT2D eigenvalue weighted by Crippen LogP contribution is -2.53. The highest BCUT2D eigenvalue weighted by molar-refractivity contribution is 6.23. The number of rotatable bonds is 8. The topological polar surface area (TPSA) is 83.2 Å². The summed E-state index contributed by atoms with van der Waals surface area (Å²) in [4.78, 5) is 23.0. The molecule has 0 aromatic heterocycles. The summed E-state index contributed by atoms with van der Waals surface area (Å²) >= 11 is 0. The van der Waals surface area contributed by atoms with Gasteiger partial charge in [0.1, 0.15) is 5.75 Å². The molecule has 2 fully saturated rings. The number of hydrogen-bond acceptors (Lipinski definition) is 6. The number of nitrogens with zero attached hydrogens (tertiary/aromatic N) is 3. The van der Waals surface area contributed by atoms with Crippen LogP contribution in [0.3, 0.4) is 0 Å². The number of likely N-dealkylation sites (N-methyl/N-ethyl adjacent to an activating group) is 1. The molecule has 2 aliphatic heterocycles. The Kier molecular flexibility index (Phi) is 8.46. The van der Waals surface area contributed by atoms with E-state index in [1.807, 2.05) is 39.8 Å². The van der Waals surface area contributed by atoms with Crippen molar-refractivity contribution in [2.75, 3.05) is 38.7 Å². The highest BCUT2D eigenvalue weighted by Gasteiger charge is 2.39. The quantitative estimate of drug-likeness (QED) is 0.484. The Hall–Kier alpha value is -3.32. The van der Waals surface area contributed by atoms with E-state index in [0.717, 1.165) is 58.9 Å². The van der Waals surface area contributed by atoms with Crippen LogP contribution in [0.5, 0.6) is 5.75 Å². The number of piperazine rings is 1. The fourth-order valence-electron chi connectivity index (χ4n) is 6.09. The van der Waals surface area contributed by atoms with Crippen molar-refractivity contribution in [2.24, 2.45) is 10.7 Å². The number of nitrogens with one attached hydrogen (secondary N) is 1. The molecule has 0 unspecified atom stereocenters. The molecule has 4 rings (SSSR count). The summed E-state index contributed by atoms with van der Waals surface area (Å²) in [5.41, 5.74) is 13.3. The number of anilines is 1. The van der Waals surface area contributed by atoms with Crippen LogP contribution in [0.2, 0.25) is 0 Å². The molecule has 3 N–H and O–H groups in total. The van der Waals surface area contributed by atoms with E-state index in [2.05, 4.69) is 51.3 Å². The number of carbonyl (C=O) groups excluding carboxylic acids is 1. The molecule has 2 heterocycles. The second-order valence-corrected chi connectivity index (χ2v) is 10.7. The van der Waals surface area contributed by atoms with Crippen LogP contribution in [0.25, 0.3) is 5.57 Å². The van der Waals surface area contributed by atoms with Gasteiger partial charge in [-0.2, -0.15) is 0 Å². The lowest BCUT2D eigenvalue weighted by molar-refractivity contribution is 0.0939. The predicted octanol–water partition coefficient (Wildman–Crippen LogP) is 4.95. The van der Waals surface area contributed by atoms with E-state index >= 15 is 0 Å². The molecule has 1 amide bonds. The molecule has 2 aromatic carbocycles. The second-order valence-electron chi connectivity index (χ2n) is 10.7. The smallest absolute Gasteiger partial charge is 0.252 e. The zero-order chi connectivity index (χ0) is 27.6. The van der Waals surface area contributed by atoms with Gasteiger partial charge < -0.3 is 20.7 Å². The average molecular weight is 518 g/mol. The summed E-state index contributed by atoms with van der Waals surface area (Å²) in [6.07, 6.45) is 2.52. The highest BCUT2D eigenvalue weighted by atomic mass is 16.5. The zero-order valence-corrected chi connectivity index (χ0v) is 24.0. The summed E-state index contributed by atoms with van der Waals surface area (Å²) in [7, 11) is 3.40. The number of methoxy groups -OCH3 is 1. The molecule has 0 radical (unpaired) electrons. The molecule has 7 heteroatoms. The summed E-state index contributed by atoms with van der Waals surface area (Å²) in [5.74, 6) is 0.633. The van der Waals surface area contributed by atoms with Crippen LogP contribution < -0.4 is 20.7 Å². The third-order valence-electron chi connectivity index (χ3n) is 8.22. The van der Waals surface area contributed by atoms with Crippen molar-refractivity contribution in [1.29, 1.82) is 0 Å². The minimum absolute atomic E-state index is 0.0755. The average Bonchev–Trinajstić information content (AvgIpc) is 3.15. The zero-order valence-electron chi connectivity index (χ0n) is 24.0. The first kappa shape index (κ1) is 27.7. The van der Waals surface area contributed by atoms with Crippen molar-refractivity contribution < 1.29 is 9.53 Å². The van der Waals surface area contributed by atoms with Gasteiger partial charge in [-0.05, 0) is 94.1 Å². The number of amides is 1. The number of benzene rings is 2. The molecule has 204 valence electrons. The van der Waals surface area contributed by atoms with Gasteiger partial charge in [0.25, 0.3) is 5.91 Å². The normalized spacial score (nSPS) is 21.2. The number of aryl methyl sites for hydroxylation is 1. The van der Waals surface area contributed by atoms with Crippen LogP contribution in [0.1, 0.15) is 73.6 Å². The number of allylic oxidation sites excluding steroid dienone is 2. The summed E-state index contributed by atoms with van der Waals surface area (Å²) in [5, 5.41) is 3.22. The molecular formula is C31H43N5O2. The van der Waals surface area contributed by atoms with E-state index < -0.39 is 0 Å². The van der Waals surface area contributed by atoms with Gasteiger partial charge >= 0.3 is 0 Å². The lowest BCUT2D eigenvalue weighted by Gasteiger charge is -2.41. The molecule has 2 aliphatic rings. The van der Waals surface area contributed by atoms with E-state index in [1.54, 1.807) is 14.2 Å². The second kappa shape index (κ2) is 11.6. The molecular weight excluding hydrogens is 474 g/mol. The Morgan fingerprint density at radius 2 is 1.84 bits per heavy atom. The minimum Gasteiger partial charge on any atom is -0.497 e. The standard InChI is InChI=1S/C31H43N5O2/c1-8-36-26-11-12-27(36)18-35(17-26)25-10-9-19(2)29(16-25)31(37)34-21(4)23-13-24(15-28(14-23)38-7)30(20(3)32)22(5)33-6/h9-10,13-16,21,26-27H,8,11-12,17-18,32H2,1-7H3,(H,34,37)/t21-,26-,27+/m1/s1. The Morgan fingerprint density at radius 3 is 2.42 bits per heavy atom. The van der Waals surface area contributed by atoms with E-state index in [-0.39, 0.29) is 11.9 Å². The van der Waals surface area contributed by atoms with Crippen molar-refractivity contribution >= 4 is 22.9 Å². The van der Waals surface area contributed by atoms with Gasteiger partial charge in [-0.25, -0.2) is 0 Å². The molecule has 2 saturated heterocycles. The first-order chi connectivity index (χ1) is 18.2. The van der Waals surface area contributed by atoms with Crippen molar-refractivity contribution in [3.8, 4) is 5.75 Å². The number of carbonyl (C=O) groups is 1. The number of hydrogen-bond donors (Lipinski definition) is 2. The van der Waals surface area contributed by atoms with Crippen molar-refractivity contribution in [1.82, 2.24) is 10.2 Å². The van der Waals surface area contributed by atoms with Crippen molar-refractivity contribution in [2.45, 2.75) is 65.6 Å². The molecule has 7 nitrogen and oxygen atoms in total. The first-order valence-electron chi connectivity index (χ1n) is 13.7. The van der Waals surface area contributed by atoms with Crippen molar-refractivity contribution in [3.05, 3.63) is 64.3 Å². The molecule has 0 aliphatic carbocycles. The van der Waals surface area contributed by atoms with Gasteiger partial charge in [0.05, 0.1) is 13.2 Å². The van der Waals surface area contributed by atoms with E-state index in [1.165, 1.54) is 12.8 Å². The number of fused-ring (bicyclic) bond motifs is 2. The summed E-state index contributed by atoms with van der Waals surface area (Å²) < 4.78 is 5.59. The van der Waals surface area contributed by atoms with Crippen LogP contribution >= 0.6 is 0 Å². The third kappa shape index (κ3) is 5.58. The monoisotopic (exact) mass is 517 g/mol. The molecule has 0 saturated carbocycles. The predicted molar refractivity (Wildman–Crippen MR) is 157 cm³/mol. The lowest BCUT2D eigenvalue weighted by atomic mass is 9.95. The summed E-state index contributed by atoms with van der Waals surface area (Å²) in [6, 6.07) is 13.2. The van der Waals surface area contributed by atoms with Gasteiger partial charge in [0, 0.05) is 60.5 Å². The molecule has 2 aromatic rings. The number of aliphatic imine (C=N–C) groups is 1. The van der Waals surface area contributed by atoms with Crippen LogP contribution in [0, 0.1) is 6.92 Å². The first-order valence-corrected chi connectivity index (χ1v) is 13.7. The van der Waals surface area contributed by atoms with Crippen LogP contribution in [0.4, 0.5) is 5.69 Å². The van der Waals surface area contributed by atoms with Gasteiger partial charge in [0.2, 0.25) is 0 Å². The fraction of sp³-hybridized carbons (Fsp3) is 0.484. The molecule has 3 atom stereocenters. The van der Waals surface area contributed by atoms with E-state index in [0.29, 0.717) is 23.5 Å². The maximum Gasteiger partial charge on any atom is 0.252 e. The Labute approximate surface area is 227 Å². The van der Waals surface area contributed by atoms with Crippen molar-refractivity contribution in [3.63, 3.8) is 0 Å². The van der Waals surface area contributed by atoms with Crippen LogP contribution in [0.15, 0.2) is 47.1 Å². The maximum absolute atomic E-state index is 13.5. The van der Waals surface area contributed by atoms with Gasteiger partial charge in [-0.15, -0.1) is 0 Å². The van der Waals surface area contributed by atoms with Crippen LogP contribution in [-0.4, -0.2) is 62.4 Å². The maximum atomic E-state index is 13.5. The minimum atomic E-state index is -0.235. The largest absolute Gasteiger partial charge is 0.497 e. The molecule has 0 spiro atoms. The third-order valence-corrected chi connectivity index (χ3v) is 8.22. The van der Waals surface area contributed by atoms with Gasteiger partial charge in [-0.1, -0.05) is 13.0 Å². The Bertz CT molecular complexity index is 1230. The van der Waals surface area contributed by atoms with E-state index in [4.69, 9.17) is 10.5 Å². The molecule has 2 bridgehead atoms. The SMILES string of the molecule is CCN1[C@@H]2CC[C@H]1CN(c1ccc(C)c(C(=O)N[C@H](C)c3cc(OC)cc(C(C(C)=NC)=C(C)N)c3)c1)C2. The van der Waals surface area contributed by atoms with Gasteiger partial charge in [0.15, 0.2) is 0 Å². The number of ether oxygens (including phenoxy) is 1. The fourth-order valence-corrected chi connectivity index (χ4v) is 6.09. The summed E-state index contributed by atoms with van der Waals surface area (Å²) in [6.45, 7) is 13.2. The number of nitrogens with two attached hydrogens (primary N) is 1. The van der Waals surface area contributed by atoms with Gasteiger partial charge in [-0.3, -0.25) is 14.7 Å².